The minimum atomic E-state index is -3.24. The van der Waals surface area contributed by atoms with E-state index in [0.717, 1.165) is 33.1 Å². The Labute approximate surface area is 159 Å². The van der Waals surface area contributed by atoms with Crippen molar-refractivity contribution in [1.82, 2.24) is 9.97 Å². The zero-order valence-corrected chi connectivity index (χ0v) is 16.9. The van der Waals surface area contributed by atoms with Crippen LogP contribution >= 0.6 is 22.7 Å². The van der Waals surface area contributed by atoms with Gasteiger partial charge >= 0.3 is 0 Å². The largest absolute Gasteiger partial charge is 0.302 e. The lowest BCUT2D eigenvalue weighted by Gasteiger charge is -2.03. The summed E-state index contributed by atoms with van der Waals surface area (Å²) in [4.78, 5) is 22.3. The number of nitrogens with one attached hydrogen (secondary N) is 1. The number of anilines is 1. The van der Waals surface area contributed by atoms with Gasteiger partial charge in [-0.3, -0.25) is 4.79 Å². The molecule has 0 saturated carbocycles. The smallest absolute Gasteiger partial charge is 0.230 e. The lowest BCUT2D eigenvalue weighted by Crippen LogP contribution is -2.14. The standard InChI is InChI=1S/C17H17N3O3S3/c1-10-16(25-11(2)18-10)14-9-24-17(19-14)20-15(21)8-12-4-6-13(7-5-12)26(3,22)23/h4-7,9H,8H2,1-3H3,(H,19,20,21). The Hall–Kier alpha value is -2.10. The number of aryl methyl sites for hydroxylation is 2. The molecule has 0 atom stereocenters. The first-order chi connectivity index (χ1) is 12.2. The first-order valence-electron chi connectivity index (χ1n) is 7.71. The van der Waals surface area contributed by atoms with Crippen LogP contribution in [0.1, 0.15) is 16.3 Å². The number of thiazole rings is 2. The van der Waals surface area contributed by atoms with Crippen molar-refractivity contribution < 1.29 is 13.2 Å². The van der Waals surface area contributed by atoms with Crippen LogP contribution < -0.4 is 5.32 Å². The average molecular weight is 408 g/mol. The first kappa shape index (κ1) is 18.7. The van der Waals surface area contributed by atoms with Crippen molar-refractivity contribution in [2.75, 3.05) is 11.6 Å². The number of hydrogen-bond acceptors (Lipinski definition) is 7. The highest BCUT2D eigenvalue weighted by molar-refractivity contribution is 7.90. The molecule has 0 unspecified atom stereocenters. The lowest BCUT2D eigenvalue weighted by atomic mass is 10.1. The predicted octanol–water partition coefficient (Wildman–Crippen LogP) is 3.47. The fraction of sp³-hybridized carbons (Fsp3) is 0.235. The van der Waals surface area contributed by atoms with Crippen molar-refractivity contribution in [3.63, 3.8) is 0 Å². The number of amides is 1. The summed E-state index contributed by atoms with van der Waals surface area (Å²) in [6, 6.07) is 6.31. The van der Waals surface area contributed by atoms with Gasteiger partial charge in [0.15, 0.2) is 15.0 Å². The molecule has 1 amide bonds. The molecule has 6 nitrogen and oxygen atoms in total. The van der Waals surface area contributed by atoms with Crippen molar-refractivity contribution >= 4 is 43.5 Å². The van der Waals surface area contributed by atoms with E-state index in [4.69, 9.17) is 0 Å². The molecule has 0 aliphatic rings. The highest BCUT2D eigenvalue weighted by atomic mass is 32.2. The summed E-state index contributed by atoms with van der Waals surface area (Å²) >= 11 is 2.94. The normalized spacial score (nSPS) is 11.5. The van der Waals surface area contributed by atoms with Crippen LogP contribution in [0.4, 0.5) is 5.13 Å². The molecule has 0 aliphatic heterocycles. The third kappa shape index (κ3) is 4.35. The molecule has 2 heterocycles. The van der Waals surface area contributed by atoms with Gasteiger partial charge in [-0.2, -0.15) is 0 Å². The highest BCUT2D eigenvalue weighted by Gasteiger charge is 2.13. The van der Waals surface area contributed by atoms with Crippen LogP contribution in [0.25, 0.3) is 10.6 Å². The number of carbonyl (C=O) groups excluding carboxylic acids is 1. The molecular weight excluding hydrogens is 390 g/mol. The van der Waals surface area contributed by atoms with Gasteiger partial charge in [-0.1, -0.05) is 12.1 Å². The van der Waals surface area contributed by atoms with Crippen LogP contribution in [0, 0.1) is 13.8 Å². The Morgan fingerprint density at radius 1 is 1.15 bits per heavy atom. The molecule has 3 aromatic rings. The van der Waals surface area contributed by atoms with Gasteiger partial charge in [0.05, 0.1) is 32.6 Å². The number of nitrogens with zero attached hydrogens (tertiary/aromatic N) is 2. The van der Waals surface area contributed by atoms with Crippen molar-refractivity contribution in [3.8, 4) is 10.6 Å². The van der Waals surface area contributed by atoms with E-state index in [9.17, 15) is 13.2 Å². The molecule has 1 N–H and O–H groups in total. The van der Waals surface area contributed by atoms with E-state index in [2.05, 4.69) is 15.3 Å². The number of benzene rings is 1. The fourth-order valence-corrected chi connectivity index (χ4v) is 4.71. The zero-order chi connectivity index (χ0) is 18.9. The number of hydrogen-bond donors (Lipinski definition) is 1. The van der Waals surface area contributed by atoms with E-state index < -0.39 is 9.84 Å². The van der Waals surface area contributed by atoms with E-state index in [1.807, 2.05) is 19.2 Å². The van der Waals surface area contributed by atoms with Crippen LogP contribution in [0.15, 0.2) is 34.5 Å². The van der Waals surface area contributed by atoms with Crippen molar-refractivity contribution in [2.24, 2.45) is 0 Å². The number of rotatable bonds is 5. The summed E-state index contributed by atoms with van der Waals surface area (Å²) in [7, 11) is -3.24. The second kappa shape index (κ2) is 7.26. The predicted molar refractivity (Wildman–Crippen MR) is 105 cm³/mol. The maximum Gasteiger partial charge on any atom is 0.230 e. The van der Waals surface area contributed by atoms with Gasteiger partial charge in [-0.05, 0) is 31.5 Å². The van der Waals surface area contributed by atoms with Crippen LogP contribution in [0.3, 0.4) is 0 Å². The Morgan fingerprint density at radius 3 is 2.42 bits per heavy atom. The number of sulfone groups is 1. The molecule has 0 aliphatic carbocycles. The van der Waals surface area contributed by atoms with Gasteiger partial charge in [0.25, 0.3) is 0 Å². The molecule has 2 aromatic heterocycles. The first-order valence-corrected chi connectivity index (χ1v) is 11.3. The van der Waals surface area contributed by atoms with Gasteiger partial charge in [0, 0.05) is 11.6 Å². The maximum absolute atomic E-state index is 12.2. The summed E-state index contributed by atoms with van der Waals surface area (Å²) in [5.74, 6) is -0.199. The van der Waals surface area contributed by atoms with Crippen LogP contribution in [0.2, 0.25) is 0 Å². The summed E-state index contributed by atoms with van der Waals surface area (Å²) in [5, 5.41) is 6.20. The molecule has 0 bridgehead atoms. The monoisotopic (exact) mass is 407 g/mol. The van der Waals surface area contributed by atoms with Gasteiger partial charge in [0.2, 0.25) is 5.91 Å². The quantitative estimate of drug-likeness (QED) is 0.699. The Kier molecular flexibility index (Phi) is 5.22. The molecular formula is C17H17N3O3S3. The molecule has 0 saturated heterocycles. The van der Waals surface area contributed by atoms with Crippen LogP contribution in [0.5, 0.6) is 0 Å². The van der Waals surface area contributed by atoms with Gasteiger partial charge in [-0.25, -0.2) is 18.4 Å². The second-order valence-electron chi connectivity index (χ2n) is 5.83. The van der Waals surface area contributed by atoms with Gasteiger partial charge < -0.3 is 5.32 Å². The van der Waals surface area contributed by atoms with E-state index in [1.165, 1.54) is 23.5 Å². The summed E-state index contributed by atoms with van der Waals surface area (Å²) in [5.41, 5.74) is 2.48. The maximum atomic E-state index is 12.2. The number of aromatic nitrogens is 2. The van der Waals surface area contributed by atoms with Gasteiger partial charge in [-0.15, -0.1) is 22.7 Å². The topological polar surface area (TPSA) is 89.0 Å². The van der Waals surface area contributed by atoms with E-state index >= 15 is 0 Å². The Morgan fingerprint density at radius 2 is 1.85 bits per heavy atom. The van der Waals surface area contributed by atoms with Crippen molar-refractivity contribution in [2.45, 2.75) is 25.2 Å². The average Bonchev–Trinajstić information content (AvgIpc) is 3.12. The van der Waals surface area contributed by atoms with E-state index in [1.54, 1.807) is 23.5 Å². The molecule has 0 spiro atoms. The summed E-state index contributed by atoms with van der Waals surface area (Å²) < 4.78 is 22.9. The SMILES string of the molecule is Cc1nc(C)c(-c2csc(NC(=O)Cc3ccc(S(C)(=O)=O)cc3)n2)s1. The number of carbonyl (C=O) groups is 1. The molecule has 1 aromatic carbocycles. The molecule has 26 heavy (non-hydrogen) atoms. The summed E-state index contributed by atoms with van der Waals surface area (Å²) in [6.45, 7) is 3.89. The minimum absolute atomic E-state index is 0.150. The third-order valence-corrected chi connectivity index (χ3v) is 6.58. The summed E-state index contributed by atoms with van der Waals surface area (Å²) in [6.07, 6.45) is 1.30. The van der Waals surface area contributed by atoms with Gasteiger partial charge in [0.1, 0.15) is 0 Å². The van der Waals surface area contributed by atoms with Crippen LogP contribution in [-0.2, 0) is 21.1 Å². The van der Waals surface area contributed by atoms with Crippen molar-refractivity contribution in [3.05, 3.63) is 45.9 Å². The molecule has 0 radical (unpaired) electrons. The minimum Gasteiger partial charge on any atom is -0.302 e. The van der Waals surface area contributed by atoms with E-state index in [0.29, 0.717) is 5.13 Å². The second-order valence-corrected chi connectivity index (χ2v) is 9.90. The molecule has 0 fully saturated rings. The Balaban J connectivity index is 1.66. The molecule has 3 rings (SSSR count). The zero-order valence-electron chi connectivity index (χ0n) is 14.4. The van der Waals surface area contributed by atoms with Crippen molar-refractivity contribution in [1.29, 1.82) is 0 Å². The lowest BCUT2D eigenvalue weighted by molar-refractivity contribution is -0.115. The third-order valence-electron chi connectivity index (χ3n) is 3.60. The molecule has 9 heteroatoms. The highest BCUT2D eigenvalue weighted by Crippen LogP contribution is 2.32. The van der Waals surface area contributed by atoms with Crippen LogP contribution in [-0.4, -0.2) is 30.5 Å². The molecule has 136 valence electrons. The Bertz CT molecular complexity index is 1050. The fourth-order valence-electron chi connectivity index (χ4n) is 2.41. The van der Waals surface area contributed by atoms with E-state index in [-0.39, 0.29) is 17.2 Å².